The number of aliphatic hydroxyl groups excluding tert-OH is 6. The molecule has 5 aliphatic heterocycles. The average molecular weight is 1030 g/mol. The second-order valence-electron chi connectivity index (χ2n) is 21.7. The van der Waals surface area contributed by atoms with Crippen molar-refractivity contribution >= 4 is 11.9 Å². The fourth-order valence-corrected chi connectivity index (χ4v) is 11.6. The summed E-state index contributed by atoms with van der Waals surface area (Å²) in [4.78, 5) is 27.0. The quantitative estimate of drug-likeness (QED) is 0.114. The van der Waals surface area contributed by atoms with E-state index in [1.54, 1.807) is 79.7 Å². The van der Waals surface area contributed by atoms with Crippen LogP contribution in [0.15, 0.2) is 48.6 Å². The van der Waals surface area contributed by atoms with E-state index in [-0.39, 0.29) is 37.5 Å². The number of carbonyl (C=O) groups excluding carboxylic acids is 2. The highest BCUT2D eigenvalue weighted by Crippen LogP contribution is 2.45. The van der Waals surface area contributed by atoms with Gasteiger partial charge < -0.3 is 78.7 Å². The smallest absolute Gasteiger partial charge is 0.331 e. The Kier molecular flexibility index (Phi) is 21.7. The van der Waals surface area contributed by atoms with Crippen LogP contribution in [0.4, 0.5) is 0 Å². The first-order valence-electron chi connectivity index (χ1n) is 26.4. The van der Waals surface area contributed by atoms with E-state index in [0.717, 1.165) is 0 Å². The molecule has 0 aliphatic carbocycles. The summed E-state index contributed by atoms with van der Waals surface area (Å²) in [6, 6.07) is 0. The molecule has 72 heavy (non-hydrogen) atoms. The molecule has 26 atom stereocenters. The number of cyclic esters (lactones) is 2. The second-order valence-corrected chi connectivity index (χ2v) is 21.7. The van der Waals surface area contributed by atoms with Crippen LogP contribution in [0.2, 0.25) is 0 Å². The van der Waals surface area contributed by atoms with Gasteiger partial charge in [-0.2, -0.15) is 0 Å². The zero-order valence-electron chi connectivity index (χ0n) is 44.4. The second kappa shape index (κ2) is 25.9. The third-order valence-electron chi connectivity index (χ3n) is 16.5. The van der Waals surface area contributed by atoms with Crippen LogP contribution in [0.1, 0.15) is 122 Å². The van der Waals surface area contributed by atoms with Gasteiger partial charge in [-0.15, -0.1) is 0 Å². The van der Waals surface area contributed by atoms with Gasteiger partial charge in [-0.1, -0.05) is 91.8 Å². The Labute approximate surface area is 426 Å². The van der Waals surface area contributed by atoms with E-state index in [0.29, 0.717) is 12.8 Å². The molecular weight excluding hydrogens is 937 g/mol. The number of carbonyl (C=O) groups is 2. The summed E-state index contributed by atoms with van der Waals surface area (Å²) in [5, 5.41) is 89.6. The maximum Gasteiger partial charge on any atom is 0.331 e. The molecule has 5 rings (SSSR count). The molecule has 0 aromatic carbocycles. The van der Waals surface area contributed by atoms with Crippen LogP contribution in [0.5, 0.6) is 0 Å². The predicted molar refractivity (Wildman–Crippen MR) is 263 cm³/mol. The summed E-state index contributed by atoms with van der Waals surface area (Å²) in [5.41, 5.74) is 0. The summed E-state index contributed by atoms with van der Waals surface area (Å²) in [6.07, 6.45) is -0.317. The Morgan fingerprint density at radius 3 is 1.25 bits per heavy atom. The summed E-state index contributed by atoms with van der Waals surface area (Å²) in [6.45, 7) is 21.3. The number of hydrogen-bond acceptors (Lipinski definition) is 18. The monoisotopic (exact) mass is 1020 g/mol. The molecule has 4 fully saturated rings. The minimum Gasteiger partial charge on any atom is -0.458 e. The number of allylic oxidation sites excluding steroid dienone is 4. The highest BCUT2D eigenvalue weighted by Gasteiger charge is 2.54. The van der Waals surface area contributed by atoms with Crippen molar-refractivity contribution in [3.05, 3.63) is 48.6 Å². The predicted octanol–water partition coefficient (Wildman–Crippen LogP) is 4.12. The number of hydrogen-bond donors (Lipinski definition) is 8. The Morgan fingerprint density at radius 2 is 0.931 bits per heavy atom. The Hall–Kier alpha value is -2.66. The standard InChI is InChI=1S/C54H88O18/c1-13-37-33(9)71-53(63,25-41(37)67-45-23-39(55)49(61)35(11)65-45)31(7)47(59)29(5)51-27(3)19-15-17-22-44(58)70-52(28(4)20-16-18-21-43(57)69-51)30(6)48(60)32(8)54(64)26-42(38(14-2)34(10)72-54)68-46-24-40(56)50(62)36(12)66-46/h15-22,27-42,45-52,55-56,59-64H,13-14,23-26H2,1-12H3/b19-15+,20-16+,21-18+,22-17+/t27-,28-,29+,30+,31-,32?,33-,34-,35?,36?,37+,38+,39?,40?,41?,42?,45?,46?,47-,48-,49?,50?,51-,52-,53?,54?/m0/s1. The van der Waals surface area contributed by atoms with Crippen LogP contribution in [0.25, 0.3) is 0 Å². The molecule has 5 aliphatic rings. The average Bonchev–Trinajstić information content (AvgIpc) is 3.31. The first-order chi connectivity index (χ1) is 33.7. The van der Waals surface area contributed by atoms with Gasteiger partial charge in [-0.3, -0.25) is 0 Å². The molecule has 0 aromatic heterocycles. The lowest BCUT2D eigenvalue weighted by molar-refractivity contribution is -0.345. The van der Waals surface area contributed by atoms with Gasteiger partial charge in [0.1, 0.15) is 24.4 Å². The van der Waals surface area contributed by atoms with E-state index in [4.69, 9.17) is 37.9 Å². The van der Waals surface area contributed by atoms with Crippen molar-refractivity contribution in [3.8, 4) is 0 Å². The summed E-state index contributed by atoms with van der Waals surface area (Å²) < 4.78 is 49.1. The maximum absolute atomic E-state index is 13.5. The number of aliphatic hydroxyl groups is 8. The van der Waals surface area contributed by atoms with E-state index in [9.17, 15) is 50.4 Å². The van der Waals surface area contributed by atoms with Crippen LogP contribution in [-0.2, 0) is 47.5 Å². The summed E-state index contributed by atoms with van der Waals surface area (Å²) in [5.74, 6) is -9.84. The molecule has 0 bridgehead atoms. The minimum absolute atomic E-state index is 0.0264. The number of ether oxygens (including phenoxy) is 8. The van der Waals surface area contributed by atoms with Crippen molar-refractivity contribution < 1.29 is 88.3 Å². The Balaban J connectivity index is 1.28. The first-order valence-corrected chi connectivity index (χ1v) is 26.4. The van der Waals surface area contributed by atoms with E-state index in [1.165, 1.54) is 24.3 Å². The van der Waals surface area contributed by atoms with Crippen molar-refractivity contribution in [1.29, 1.82) is 0 Å². The third-order valence-corrected chi connectivity index (χ3v) is 16.5. The largest absolute Gasteiger partial charge is 0.458 e. The lowest BCUT2D eigenvalue weighted by Gasteiger charge is -2.50. The van der Waals surface area contributed by atoms with Gasteiger partial charge in [-0.05, 0) is 40.5 Å². The zero-order chi connectivity index (χ0) is 53.6. The highest BCUT2D eigenvalue weighted by molar-refractivity contribution is 5.83. The third kappa shape index (κ3) is 14.4. The zero-order valence-corrected chi connectivity index (χ0v) is 44.4. The number of esters is 2. The SMILES string of the molecule is CC[C@H]1C(OC2CC(O)C(O)C(C)O2)CC(O)(C(C)[C@@H](O)[C@@H](C)[C@H]2OC(=O)/C=C/C=C/[C@H](C)[C@@H]([C@H](C)[C@H](O)[C@H](C)C3(O)CC(OC4CC(O)C(O)C(C)O4)[C@H](CC)[C@H](C)O3)OC(=O)/C=C/C=C/[C@@H]2C)O[C@H]1C. The van der Waals surface area contributed by atoms with Crippen LogP contribution >= 0.6 is 0 Å². The molecule has 412 valence electrons. The molecule has 0 radical (unpaired) electrons. The molecule has 8 N–H and O–H groups in total. The van der Waals surface area contributed by atoms with Crippen molar-refractivity contribution in [1.82, 2.24) is 0 Å². The van der Waals surface area contributed by atoms with Gasteiger partial charge in [0, 0.05) is 85.2 Å². The topological polar surface area (TPSA) is 270 Å². The van der Waals surface area contributed by atoms with Crippen LogP contribution in [0.3, 0.4) is 0 Å². The molecular formula is C54H88O18. The molecule has 18 nitrogen and oxygen atoms in total. The molecule has 18 heteroatoms. The molecule has 4 saturated heterocycles. The normalized spacial score (nSPS) is 46.1. The van der Waals surface area contributed by atoms with Crippen LogP contribution in [-0.4, -0.2) is 162 Å². The molecule has 0 amide bonds. The fraction of sp³-hybridized carbons (Fsp3) is 0.815. The lowest BCUT2D eigenvalue weighted by atomic mass is 9.76. The Bertz CT molecular complexity index is 1710. The molecule has 5 heterocycles. The first kappa shape index (κ1) is 60.2. The van der Waals surface area contributed by atoms with Crippen molar-refractivity contribution in [3.63, 3.8) is 0 Å². The molecule has 13 unspecified atom stereocenters. The van der Waals surface area contributed by atoms with E-state index < -0.39 is 157 Å². The van der Waals surface area contributed by atoms with E-state index >= 15 is 0 Å². The van der Waals surface area contributed by atoms with Gasteiger partial charge in [0.25, 0.3) is 0 Å². The van der Waals surface area contributed by atoms with Crippen molar-refractivity contribution in [2.24, 2.45) is 47.3 Å². The lowest BCUT2D eigenvalue weighted by Crippen LogP contribution is -2.59. The van der Waals surface area contributed by atoms with Gasteiger partial charge in [0.05, 0.1) is 61.0 Å². The van der Waals surface area contributed by atoms with Crippen molar-refractivity contribution in [2.45, 2.75) is 231 Å². The van der Waals surface area contributed by atoms with Gasteiger partial charge in [-0.25, -0.2) is 9.59 Å². The van der Waals surface area contributed by atoms with Crippen molar-refractivity contribution in [2.75, 3.05) is 0 Å². The van der Waals surface area contributed by atoms with Crippen LogP contribution in [0, 0.1) is 47.3 Å². The molecule has 0 spiro atoms. The Morgan fingerprint density at radius 1 is 0.583 bits per heavy atom. The minimum atomic E-state index is -1.88. The van der Waals surface area contributed by atoms with E-state index in [2.05, 4.69) is 0 Å². The molecule has 0 aromatic rings. The highest BCUT2D eigenvalue weighted by atomic mass is 16.7. The van der Waals surface area contributed by atoms with Gasteiger partial charge in [0.15, 0.2) is 24.2 Å². The summed E-state index contributed by atoms with van der Waals surface area (Å²) >= 11 is 0. The van der Waals surface area contributed by atoms with Gasteiger partial charge in [0.2, 0.25) is 0 Å². The maximum atomic E-state index is 13.5. The van der Waals surface area contributed by atoms with Crippen LogP contribution < -0.4 is 0 Å². The van der Waals surface area contributed by atoms with Gasteiger partial charge >= 0.3 is 11.9 Å². The molecule has 0 saturated carbocycles. The summed E-state index contributed by atoms with van der Waals surface area (Å²) in [7, 11) is 0. The van der Waals surface area contributed by atoms with E-state index in [1.807, 2.05) is 27.7 Å². The fourth-order valence-electron chi connectivity index (χ4n) is 11.6. The number of rotatable bonds is 14.